The lowest BCUT2D eigenvalue weighted by Gasteiger charge is -2.16. The van der Waals surface area contributed by atoms with Gasteiger partial charge in [-0.15, -0.1) is 11.3 Å². The van der Waals surface area contributed by atoms with Crippen LogP contribution in [0.5, 0.6) is 17.2 Å². The van der Waals surface area contributed by atoms with Crippen molar-refractivity contribution in [2.24, 2.45) is 0 Å². The SMILES string of the molecule is CCOc1cc(OCC)c(-c2csc(NC(=O)c3cc4ccccc4[nH]3)n2)c(OCC)c1. The van der Waals surface area contributed by atoms with Gasteiger partial charge in [0.15, 0.2) is 5.13 Å². The second-order valence-electron chi connectivity index (χ2n) is 6.86. The molecule has 166 valence electrons. The summed E-state index contributed by atoms with van der Waals surface area (Å²) in [6, 6.07) is 13.3. The zero-order chi connectivity index (χ0) is 22.5. The normalized spacial score (nSPS) is 10.8. The Morgan fingerprint density at radius 3 is 2.34 bits per heavy atom. The van der Waals surface area contributed by atoms with Crippen molar-refractivity contribution in [3.05, 3.63) is 53.5 Å². The van der Waals surface area contributed by atoms with Crippen molar-refractivity contribution < 1.29 is 19.0 Å². The molecule has 0 saturated carbocycles. The molecule has 32 heavy (non-hydrogen) atoms. The van der Waals surface area contributed by atoms with Crippen LogP contribution in [-0.2, 0) is 0 Å². The highest BCUT2D eigenvalue weighted by atomic mass is 32.1. The van der Waals surface area contributed by atoms with Crippen molar-refractivity contribution in [2.45, 2.75) is 20.8 Å². The van der Waals surface area contributed by atoms with Crippen molar-refractivity contribution in [2.75, 3.05) is 25.1 Å². The third-order valence-corrected chi connectivity index (χ3v) is 5.46. The average Bonchev–Trinajstić information content (AvgIpc) is 3.41. The van der Waals surface area contributed by atoms with Crippen LogP contribution in [0.4, 0.5) is 5.13 Å². The number of carbonyl (C=O) groups is 1. The Bertz CT molecular complexity index is 1170. The zero-order valence-electron chi connectivity index (χ0n) is 18.2. The third kappa shape index (κ3) is 4.55. The summed E-state index contributed by atoms with van der Waals surface area (Å²) in [5.41, 5.74) is 2.79. The summed E-state index contributed by atoms with van der Waals surface area (Å²) in [5, 5.41) is 6.22. The van der Waals surface area contributed by atoms with Gasteiger partial charge in [0.1, 0.15) is 22.9 Å². The Hall–Kier alpha value is -3.52. The molecule has 2 N–H and O–H groups in total. The number of aromatic nitrogens is 2. The minimum absolute atomic E-state index is 0.246. The molecule has 0 radical (unpaired) electrons. The fourth-order valence-electron chi connectivity index (χ4n) is 3.41. The van der Waals surface area contributed by atoms with E-state index in [0.717, 1.165) is 16.5 Å². The maximum absolute atomic E-state index is 12.7. The topological polar surface area (TPSA) is 85.5 Å². The number of anilines is 1. The summed E-state index contributed by atoms with van der Waals surface area (Å²) < 4.78 is 17.4. The number of hydrogen-bond donors (Lipinski definition) is 2. The first kappa shape index (κ1) is 21.7. The Morgan fingerprint density at radius 1 is 1.00 bits per heavy atom. The summed E-state index contributed by atoms with van der Waals surface area (Å²) in [4.78, 5) is 20.5. The Morgan fingerprint density at radius 2 is 1.69 bits per heavy atom. The first-order valence-corrected chi connectivity index (χ1v) is 11.4. The predicted octanol–water partition coefficient (Wildman–Crippen LogP) is 5.74. The van der Waals surface area contributed by atoms with Gasteiger partial charge < -0.3 is 19.2 Å². The molecule has 8 heteroatoms. The lowest BCUT2D eigenvalue weighted by Crippen LogP contribution is -2.12. The predicted molar refractivity (Wildman–Crippen MR) is 127 cm³/mol. The number of thiazole rings is 1. The van der Waals surface area contributed by atoms with E-state index < -0.39 is 0 Å². The molecule has 7 nitrogen and oxygen atoms in total. The second-order valence-corrected chi connectivity index (χ2v) is 7.71. The molecule has 0 bridgehead atoms. The maximum atomic E-state index is 12.7. The number of fused-ring (bicyclic) bond motifs is 1. The van der Waals surface area contributed by atoms with E-state index in [9.17, 15) is 4.79 Å². The molecule has 1 amide bonds. The van der Waals surface area contributed by atoms with Gasteiger partial charge in [-0.05, 0) is 32.9 Å². The number of nitrogens with one attached hydrogen (secondary N) is 2. The van der Waals surface area contributed by atoms with Crippen LogP contribution in [0.2, 0.25) is 0 Å². The van der Waals surface area contributed by atoms with E-state index in [-0.39, 0.29) is 5.91 Å². The summed E-state index contributed by atoms with van der Waals surface area (Å²) in [5.74, 6) is 1.68. The first-order chi connectivity index (χ1) is 15.6. The number of ether oxygens (including phenoxy) is 3. The van der Waals surface area contributed by atoms with Crippen molar-refractivity contribution in [3.63, 3.8) is 0 Å². The molecule has 0 atom stereocenters. The van der Waals surface area contributed by atoms with Gasteiger partial charge >= 0.3 is 0 Å². The number of H-pyrrole nitrogens is 1. The van der Waals surface area contributed by atoms with Gasteiger partial charge in [-0.1, -0.05) is 18.2 Å². The van der Waals surface area contributed by atoms with Crippen LogP contribution in [0.1, 0.15) is 31.3 Å². The van der Waals surface area contributed by atoms with Crippen LogP contribution >= 0.6 is 11.3 Å². The van der Waals surface area contributed by atoms with E-state index in [0.29, 0.717) is 53.6 Å². The van der Waals surface area contributed by atoms with E-state index in [2.05, 4.69) is 15.3 Å². The average molecular weight is 452 g/mol. The van der Waals surface area contributed by atoms with Crippen molar-refractivity contribution in [1.82, 2.24) is 9.97 Å². The van der Waals surface area contributed by atoms with Gasteiger partial charge in [0.05, 0.1) is 31.1 Å². The molecule has 0 saturated heterocycles. The molecule has 0 aliphatic carbocycles. The van der Waals surface area contributed by atoms with E-state index in [1.54, 1.807) is 0 Å². The summed E-state index contributed by atoms with van der Waals surface area (Å²) in [6.45, 7) is 7.29. The molecule has 0 fully saturated rings. The van der Waals surface area contributed by atoms with E-state index in [1.165, 1.54) is 11.3 Å². The number of hydrogen-bond acceptors (Lipinski definition) is 6. The van der Waals surface area contributed by atoms with Gasteiger partial charge in [0.2, 0.25) is 0 Å². The summed E-state index contributed by atoms with van der Waals surface area (Å²) in [6.07, 6.45) is 0. The molecule has 0 unspecified atom stereocenters. The van der Waals surface area contributed by atoms with E-state index in [1.807, 2.05) is 68.6 Å². The van der Waals surface area contributed by atoms with Gasteiger partial charge in [-0.3, -0.25) is 10.1 Å². The lowest BCUT2D eigenvalue weighted by atomic mass is 10.1. The molecular weight excluding hydrogens is 426 g/mol. The van der Waals surface area contributed by atoms with E-state index >= 15 is 0 Å². The number of para-hydroxylation sites is 1. The highest BCUT2D eigenvalue weighted by Crippen LogP contribution is 2.43. The first-order valence-electron chi connectivity index (χ1n) is 10.5. The van der Waals surface area contributed by atoms with Crippen molar-refractivity contribution in [3.8, 4) is 28.5 Å². The molecular formula is C24H25N3O4S. The lowest BCUT2D eigenvalue weighted by molar-refractivity contribution is 0.102. The smallest absolute Gasteiger partial charge is 0.273 e. The number of aromatic amines is 1. The van der Waals surface area contributed by atoms with Crippen molar-refractivity contribution >= 4 is 33.3 Å². The Kier molecular flexibility index (Phi) is 6.61. The van der Waals surface area contributed by atoms with Crippen LogP contribution in [0.3, 0.4) is 0 Å². The fourth-order valence-corrected chi connectivity index (χ4v) is 4.11. The Balaban J connectivity index is 1.63. The van der Waals surface area contributed by atoms with Gasteiger partial charge in [0, 0.05) is 28.4 Å². The van der Waals surface area contributed by atoms with Gasteiger partial charge in [-0.2, -0.15) is 0 Å². The number of benzene rings is 2. The van der Waals surface area contributed by atoms with Crippen LogP contribution in [0.15, 0.2) is 47.8 Å². The summed E-state index contributed by atoms with van der Waals surface area (Å²) in [7, 11) is 0. The highest BCUT2D eigenvalue weighted by Gasteiger charge is 2.20. The quantitative estimate of drug-likeness (QED) is 0.339. The molecule has 2 aromatic heterocycles. The van der Waals surface area contributed by atoms with Crippen LogP contribution in [-0.4, -0.2) is 35.7 Å². The van der Waals surface area contributed by atoms with Crippen LogP contribution < -0.4 is 19.5 Å². The number of amides is 1. The van der Waals surface area contributed by atoms with Crippen molar-refractivity contribution in [1.29, 1.82) is 0 Å². The minimum atomic E-state index is -0.246. The largest absolute Gasteiger partial charge is 0.494 e. The van der Waals surface area contributed by atoms with Crippen LogP contribution in [0, 0.1) is 0 Å². The standard InChI is InChI=1S/C24H25N3O4S/c1-4-29-16-12-20(30-5-2)22(21(13-16)31-6-3)19-14-32-24(26-19)27-23(28)18-11-15-9-7-8-10-17(15)25-18/h7-14,25H,4-6H2,1-3H3,(H,26,27,28). The molecule has 2 aromatic carbocycles. The third-order valence-electron chi connectivity index (χ3n) is 4.71. The van der Waals surface area contributed by atoms with E-state index in [4.69, 9.17) is 14.2 Å². The number of nitrogens with zero attached hydrogens (tertiary/aromatic N) is 1. The number of carbonyl (C=O) groups excluding carboxylic acids is 1. The zero-order valence-corrected chi connectivity index (χ0v) is 19.0. The second kappa shape index (κ2) is 9.74. The fraction of sp³-hybridized carbons (Fsp3) is 0.250. The van der Waals surface area contributed by atoms with Crippen LogP contribution in [0.25, 0.3) is 22.2 Å². The molecule has 0 aliphatic heterocycles. The summed E-state index contributed by atoms with van der Waals surface area (Å²) >= 11 is 1.34. The van der Waals surface area contributed by atoms with Gasteiger partial charge in [-0.25, -0.2) is 4.98 Å². The molecule has 0 aliphatic rings. The molecule has 4 rings (SSSR count). The Labute approximate surface area is 190 Å². The maximum Gasteiger partial charge on any atom is 0.273 e. The van der Waals surface area contributed by atoms with Gasteiger partial charge in [0.25, 0.3) is 5.91 Å². The monoisotopic (exact) mass is 451 g/mol. The molecule has 0 spiro atoms. The molecule has 2 heterocycles. The minimum Gasteiger partial charge on any atom is -0.494 e. The highest BCUT2D eigenvalue weighted by molar-refractivity contribution is 7.14. The number of rotatable bonds is 9. The molecule has 4 aromatic rings.